The lowest BCUT2D eigenvalue weighted by Gasteiger charge is -2.10. The van der Waals surface area contributed by atoms with Crippen molar-refractivity contribution in [2.45, 2.75) is 6.18 Å². The highest BCUT2D eigenvalue weighted by Gasteiger charge is 2.34. The molecule has 1 heterocycles. The standard InChI is InChI=1S/C19H10F5N5O/c20-14-6-11(13(7-15(14)21)19(22,23)24)9-26-29-18-27-16(10-4-2-1-3-5-10)12(8-25)17(30)28-18/h1-7,9H,(H2,27,28,29,30). The Balaban J connectivity index is 1.97. The zero-order valence-corrected chi connectivity index (χ0v) is 14.8. The number of aromatic amines is 1. The van der Waals surface area contributed by atoms with Gasteiger partial charge >= 0.3 is 6.18 Å². The number of benzene rings is 2. The Labute approximate surface area is 165 Å². The van der Waals surface area contributed by atoms with E-state index in [2.05, 4.69) is 20.5 Å². The maximum atomic E-state index is 13.4. The van der Waals surface area contributed by atoms with E-state index >= 15 is 0 Å². The van der Waals surface area contributed by atoms with Crippen molar-refractivity contribution in [1.29, 1.82) is 5.26 Å². The SMILES string of the molecule is N#Cc1c(-c2ccccc2)nc(NN=Cc2cc(F)c(F)cc2C(F)(F)F)[nH]c1=O. The van der Waals surface area contributed by atoms with Gasteiger partial charge in [0.25, 0.3) is 5.56 Å². The van der Waals surface area contributed by atoms with E-state index in [0.717, 1.165) is 0 Å². The van der Waals surface area contributed by atoms with E-state index in [1.54, 1.807) is 36.4 Å². The number of hydrazone groups is 1. The van der Waals surface area contributed by atoms with Crippen LogP contribution in [0.5, 0.6) is 0 Å². The van der Waals surface area contributed by atoms with Crippen LogP contribution in [0.15, 0.2) is 52.4 Å². The normalized spacial score (nSPS) is 11.5. The van der Waals surface area contributed by atoms with Gasteiger partial charge in [0.2, 0.25) is 5.95 Å². The molecule has 0 unspecified atom stereocenters. The Kier molecular flexibility index (Phi) is 5.59. The fourth-order valence-electron chi connectivity index (χ4n) is 2.51. The minimum Gasteiger partial charge on any atom is -0.290 e. The van der Waals surface area contributed by atoms with E-state index in [1.165, 1.54) is 0 Å². The molecule has 2 N–H and O–H groups in total. The van der Waals surface area contributed by atoms with Gasteiger partial charge in [-0.15, -0.1) is 0 Å². The fourth-order valence-corrected chi connectivity index (χ4v) is 2.51. The summed E-state index contributed by atoms with van der Waals surface area (Å²) in [6, 6.07) is 10.3. The van der Waals surface area contributed by atoms with Crippen LogP contribution in [-0.2, 0) is 6.18 Å². The predicted octanol–water partition coefficient (Wildman–Crippen LogP) is 4.05. The van der Waals surface area contributed by atoms with E-state index in [1.807, 2.05) is 0 Å². The Bertz CT molecular complexity index is 1210. The number of nitriles is 1. The summed E-state index contributed by atoms with van der Waals surface area (Å²) >= 11 is 0. The number of aromatic nitrogens is 2. The quantitative estimate of drug-likeness (QED) is 0.379. The van der Waals surface area contributed by atoms with E-state index in [-0.39, 0.29) is 23.3 Å². The van der Waals surface area contributed by atoms with Crippen LogP contribution in [0, 0.1) is 23.0 Å². The summed E-state index contributed by atoms with van der Waals surface area (Å²) in [5.74, 6) is -3.41. The third-order valence-corrected chi connectivity index (χ3v) is 3.85. The molecular formula is C19H10F5N5O. The van der Waals surface area contributed by atoms with Gasteiger partial charge < -0.3 is 0 Å². The minimum atomic E-state index is -4.95. The number of anilines is 1. The molecule has 3 rings (SSSR count). The minimum absolute atomic E-state index is 0.0199. The summed E-state index contributed by atoms with van der Waals surface area (Å²) in [4.78, 5) is 18.4. The van der Waals surface area contributed by atoms with Gasteiger partial charge in [0.1, 0.15) is 11.6 Å². The zero-order valence-electron chi connectivity index (χ0n) is 14.8. The average Bonchev–Trinajstić information content (AvgIpc) is 2.70. The largest absolute Gasteiger partial charge is 0.417 e. The number of rotatable bonds is 4. The monoisotopic (exact) mass is 419 g/mol. The van der Waals surface area contributed by atoms with Gasteiger partial charge in [0.05, 0.1) is 17.5 Å². The lowest BCUT2D eigenvalue weighted by Crippen LogP contribution is -2.16. The first-order valence-corrected chi connectivity index (χ1v) is 8.16. The number of alkyl halides is 3. The highest BCUT2D eigenvalue weighted by molar-refractivity contribution is 5.82. The van der Waals surface area contributed by atoms with Gasteiger partial charge in [-0.2, -0.15) is 23.5 Å². The second kappa shape index (κ2) is 8.12. The van der Waals surface area contributed by atoms with Gasteiger partial charge in [0, 0.05) is 11.1 Å². The molecule has 0 amide bonds. The lowest BCUT2D eigenvalue weighted by atomic mass is 10.1. The first-order valence-electron chi connectivity index (χ1n) is 8.16. The summed E-state index contributed by atoms with van der Waals surface area (Å²) in [5, 5.41) is 12.7. The van der Waals surface area contributed by atoms with Crippen molar-refractivity contribution in [3.63, 3.8) is 0 Å². The number of hydrogen-bond donors (Lipinski definition) is 2. The third-order valence-electron chi connectivity index (χ3n) is 3.85. The van der Waals surface area contributed by atoms with Gasteiger partial charge in [-0.25, -0.2) is 19.2 Å². The topological polar surface area (TPSA) is 93.9 Å². The van der Waals surface area contributed by atoms with Crippen molar-refractivity contribution < 1.29 is 22.0 Å². The van der Waals surface area contributed by atoms with Crippen LogP contribution in [0.4, 0.5) is 27.9 Å². The molecule has 0 aliphatic carbocycles. The number of nitrogens with one attached hydrogen (secondary N) is 2. The Morgan fingerprint density at radius 2 is 1.80 bits per heavy atom. The lowest BCUT2D eigenvalue weighted by molar-refractivity contribution is -0.137. The molecule has 11 heteroatoms. The van der Waals surface area contributed by atoms with Crippen LogP contribution in [0.1, 0.15) is 16.7 Å². The molecule has 0 saturated carbocycles. The van der Waals surface area contributed by atoms with E-state index in [9.17, 15) is 32.0 Å². The first-order chi connectivity index (χ1) is 14.2. The van der Waals surface area contributed by atoms with Crippen molar-refractivity contribution in [2.24, 2.45) is 5.10 Å². The highest BCUT2D eigenvalue weighted by Crippen LogP contribution is 2.32. The van der Waals surface area contributed by atoms with E-state index < -0.39 is 34.5 Å². The molecule has 3 aromatic rings. The number of H-pyrrole nitrogens is 1. The van der Waals surface area contributed by atoms with Crippen molar-refractivity contribution >= 4 is 12.2 Å². The molecule has 0 bridgehead atoms. The van der Waals surface area contributed by atoms with Gasteiger partial charge in [-0.3, -0.25) is 9.78 Å². The van der Waals surface area contributed by atoms with Crippen LogP contribution in [0.3, 0.4) is 0 Å². The van der Waals surface area contributed by atoms with Crippen LogP contribution >= 0.6 is 0 Å². The summed E-state index contributed by atoms with van der Waals surface area (Å²) < 4.78 is 65.6. The highest BCUT2D eigenvalue weighted by atomic mass is 19.4. The number of nitrogens with zero attached hydrogens (tertiary/aromatic N) is 3. The molecule has 152 valence electrons. The van der Waals surface area contributed by atoms with Crippen LogP contribution < -0.4 is 11.0 Å². The average molecular weight is 419 g/mol. The second-order valence-corrected chi connectivity index (χ2v) is 5.84. The van der Waals surface area contributed by atoms with Crippen molar-refractivity contribution in [3.05, 3.63) is 81.1 Å². The van der Waals surface area contributed by atoms with E-state index in [4.69, 9.17) is 0 Å². The molecular weight excluding hydrogens is 409 g/mol. The van der Waals surface area contributed by atoms with Crippen molar-refractivity contribution in [2.75, 3.05) is 5.43 Å². The molecule has 30 heavy (non-hydrogen) atoms. The summed E-state index contributed by atoms with van der Waals surface area (Å²) in [7, 11) is 0. The number of halogens is 5. The molecule has 0 fully saturated rings. The maximum Gasteiger partial charge on any atom is 0.417 e. The molecule has 6 nitrogen and oxygen atoms in total. The van der Waals surface area contributed by atoms with Gasteiger partial charge in [-0.1, -0.05) is 30.3 Å². The van der Waals surface area contributed by atoms with Crippen molar-refractivity contribution in [1.82, 2.24) is 9.97 Å². The molecule has 0 aliphatic heterocycles. The molecule has 0 radical (unpaired) electrons. The Hall–Kier alpha value is -4.07. The zero-order chi connectivity index (χ0) is 21.9. The number of hydrogen-bond acceptors (Lipinski definition) is 5. The Morgan fingerprint density at radius 3 is 2.43 bits per heavy atom. The first kappa shape index (κ1) is 20.7. The molecule has 0 saturated heterocycles. The van der Waals surface area contributed by atoms with E-state index in [0.29, 0.717) is 17.8 Å². The second-order valence-electron chi connectivity index (χ2n) is 5.84. The van der Waals surface area contributed by atoms with Crippen LogP contribution in [0.25, 0.3) is 11.3 Å². The smallest absolute Gasteiger partial charge is 0.290 e. The molecule has 0 spiro atoms. The van der Waals surface area contributed by atoms with Gasteiger partial charge in [0.15, 0.2) is 11.6 Å². The third kappa shape index (κ3) is 4.33. The molecule has 0 aliphatic rings. The molecule has 2 aromatic carbocycles. The van der Waals surface area contributed by atoms with Crippen molar-refractivity contribution in [3.8, 4) is 17.3 Å². The summed E-state index contributed by atoms with van der Waals surface area (Å²) in [6.07, 6.45) is -4.34. The van der Waals surface area contributed by atoms with Crippen LogP contribution in [0.2, 0.25) is 0 Å². The fraction of sp³-hybridized carbons (Fsp3) is 0.0526. The molecule has 0 atom stereocenters. The summed E-state index contributed by atoms with van der Waals surface area (Å²) in [5.41, 5.74) is -0.541. The molecule has 1 aromatic heterocycles. The summed E-state index contributed by atoms with van der Waals surface area (Å²) in [6.45, 7) is 0. The predicted molar refractivity (Wildman–Crippen MR) is 97.6 cm³/mol. The van der Waals surface area contributed by atoms with Crippen LogP contribution in [-0.4, -0.2) is 16.2 Å². The maximum absolute atomic E-state index is 13.4. The van der Waals surface area contributed by atoms with Gasteiger partial charge in [-0.05, 0) is 12.1 Å². The Morgan fingerprint density at radius 1 is 1.13 bits per heavy atom.